The van der Waals surface area contributed by atoms with E-state index in [4.69, 9.17) is 0 Å². The molecule has 0 saturated heterocycles. The summed E-state index contributed by atoms with van der Waals surface area (Å²) in [5.74, 6) is 0.0843. The zero-order valence-electron chi connectivity index (χ0n) is 13.4. The quantitative estimate of drug-likeness (QED) is 0.771. The van der Waals surface area contributed by atoms with Gasteiger partial charge in [0.05, 0.1) is 6.54 Å². The molecule has 0 radical (unpaired) electrons. The largest absolute Gasteiger partial charge is 0.362 e. The van der Waals surface area contributed by atoms with Gasteiger partial charge in [-0.3, -0.25) is 4.79 Å². The highest BCUT2D eigenvalue weighted by atomic mass is 16.2. The van der Waals surface area contributed by atoms with Crippen molar-refractivity contribution in [2.24, 2.45) is 0 Å². The Bertz CT molecular complexity index is 483. The second kappa shape index (κ2) is 7.46. The summed E-state index contributed by atoms with van der Waals surface area (Å²) in [6.07, 6.45) is 2.58. The molecule has 1 saturated carbocycles. The summed E-state index contributed by atoms with van der Waals surface area (Å²) in [6.45, 7) is 8.97. The molecule has 116 valence electrons. The monoisotopic (exact) mass is 289 g/mol. The lowest BCUT2D eigenvalue weighted by atomic mass is 10.1. The minimum Gasteiger partial charge on any atom is -0.362 e. The highest BCUT2D eigenvalue weighted by Crippen LogP contribution is 2.24. The van der Waals surface area contributed by atoms with E-state index in [2.05, 4.69) is 47.6 Å². The first-order valence-electron chi connectivity index (χ1n) is 7.98. The van der Waals surface area contributed by atoms with Gasteiger partial charge in [-0.25, -0.2) is 0 Å². The first kappa shape index (κ1) is 15.8. The minimum atomic E-state index is 0.0843. The number of aryl methyl sites for hydroxylation is 1. The summed E-state index contributed by atoms with van der Waals surface area (Å²) in [7, 11) is 0. The van der Waals surface area contributed by atoms with Crippen LogP contribution in [0.5, 0.6) is 0 Å². The lowest BCUT2D eigenvalue weighted by molar-refractivity contribution is -0.119. The van der Waals surface area contributed by atoms with Gasteiger partial charge in [0.15, 0.2) is 0 Å². The third kappa shape index (κ3) is 4.74. The van der Waals surface area contributed by atoms with Crippen molar-refractivity contribution in [1.29, 1.82) is 0 Å². The molecule has 1 aliphatic rings. The number of rotatable bonds is 8. The van der Waals surface area contributed by atoms with Gasteiger partial charge < -0.3 is 15.5 Å². The number of amides is 1. The van der Waals surface area contributed by atoms with Gasteiger partial charge in [0.25, 0.3) is 0 Å². The van der Waals surface area contributed by atoms with Crippen LogP contribution in [0.25, 0.3) is 0 Å². The Morgan fingerprint density at radius 2 is 2.10 bits per heavy atom. The Balaban J connectivity index is 2.11. The Kier molecular flexibility index (Phi) is 5.62. The maximum Gasteiger partial charge on any atom is 0.239 e. The summed E-state index contributed by atoms with van der Waals surface area (Å²) in [4.78, 5) is 14.0. The molecule has 0 spiro atoms. The van der Waals surface area contributed by atoms with E-state index in [0.29, 0.717) is 19.1 Å². The summed E-state index contributed by atoms with van der Waals surface area (Å²) >= 11 is 0. The third-order valence-corrected chi connectivity index (χ3v) is 3.82. The summed E-state index contributed by atoms with van der Waals surface area (Å²) < 4.78 is 0. The first-order chi connectivity index (χ1) is 10.1. The molecule has 0 bridgehead atoms. The van der Waals surface area contributed by atoms with Gasteiger partial charge in [0.2, 0.25) is 5.91 Å². The van der Waals surface area contributed by atoms with Crippen molar-refractivity contribution < 1.29 is 4.79 Å². The Hall–Kier alpha value is -1.55. The van der Waals surface area contributed by atoms with Crippen LogP contribution in [-0.4, -0.2) is 31.6 Å². The predicted molar refractivity (Wildman–Crippen MR) is 87.6 cm³/mol. The van der Waals surface area contributed by atoms with Crippen molar-refractivity contribution in [3.63, 3.8) is 0 Å². The molecule has 1 amide bonds. The van der Waals surface area contributed by atoms with E-state index in [-0.39, 0.29) is 5.91 Å². The van der Waals surface area contributed by atoms with Crippen LogP contribution in [0.2, 0.25) is 0 Å². The van der Waals surface area contributed by atoms with Gasteiger partial charge in [-0.1, -0.05) is 17.7 Å². The maximum atomic E-state index is 11.9. The van der Waals surface area contributed by atoms with E-state index < -0.39 is 0 Å². The number of benzene rings is 1. The summed E-state index contributed by atoms with van der Waals surface area (Å²) in [6, 6.07) is 7.18. The predicted octanol–water partition coefficient (Wildman–Crippen LogP) is 2.21. The van der Waals surface area contributed by atoms with Gasteiger partial charge in [-0.15, -0.1) is 0 Å². The van der Waals surface area contributed by atoms with E-state index >= 15 is 0 Å². The fourth-order valence-corrected chi connectivity index (χ4v) is 2.50. The van der Waals surface area contributed by atoms with Crippen LogP contribution >= 0.6 is 0 Å². The number of anilines is 1. The van der Waals surface area contributed by atoms with Gasteiger partial charge in [0.1, 0.15) is 0 Å². The van der Waals surface area contributed by atoms with Crippen molar-refractivity contribution in [3.8, 4) is 0 Å². The van der Waals surface area contributed by atoms with Crippen molar-refractivity contribution in [2.75, 3.05) is 24.5 Å². The van der Waals surface area contributed by atoms with Crippen molar-refractivity contribution >= 4 is 11.6 Å². The van der Waals surface area contributed by atoms with Crippen molar-refractivity contribution in [2.45, 2.75) is 46.2 Å². The number of carbonyl (C=O) groups excluding carboxylic acids is 1. The Labute approximate surface area is 127 Å². The number of likely N-dealkylation sites (N-methyl/N-ethyl adjacent to an activating group) is 2. The van der Waals surface area contributed by atoms with E-state index in [0.717, 1.165) is 13.1 Å². The molecule has 2 N–H and O–H groups in total. The molecule has 0 aliphatic heterocycles. The molecule has 1 aromatic carbocycles. The van der Waals surface area contributed by atoms with Crippen molar-refractivity contribution in [1.82, 2.24) is 10.6 Å². The lowest BCUT2D eigenvalue weighted by Gasteiger charge is -2.25. The number of carbonyl (C=O) groups is 1. The van der Waals surface area contributed by atoms with E-state index in [1.807, 2.05) is 6.92 Å². The maximum absolute atomic E-state index is 11.9. The second-order valence-electron chi connectivity index (χ2n) is 5.76. The molecule has 4 nitrogen and oxygen atoms in total. The Morgan fingerprint density at radius 3 is 2.71 bits per heavy atom. The highest BCUT2D eigenvalue weighted by molar-refractivity contribution is 5.81. The van der Waals surface area contributed by atoms with Gasteiger partial charge in [-0.2, -0.15) is 0 Å². The summed E-state index contributed by atoms with van der Waals surface area (Å²) in [5.41, 5.74) is 3.72. The van der Waals surface area contributed by atoms with E-state index in [9.17, 15) is 4.79 Å². The summed E-state index contributed by atoms with van der Waals surface area (Å²) in [5, 5.41) is 6.45. The van der Waals surface area contributed by atoms with Gasteiger partial charge >= 0.3 is 0 Å². The molecule has 0 aromatic heterocycles. The molecule has 1 aliphatic carbocycles. The van der Waals surface area contributed by atoms with Crippen LogP contribution in [0.15, 0.2) is 18.2 Å². The average molecular weight is 289 g/mol. The Morgan fingerprint density at radius 1 is 1.33 bits per heavy atom. The number of nitrogens with one attached hydrogen (secondary N) is 2. The van der Waals surface area contributed by atoms with Crippen LogP contribution < -0.4 is 15.5 Å². The molecule has 1 fully saturated rings. The van der Waals surface area contributed by atoms with Crippen molar-refractivity contribution in [3.05, 3.63) is 29.3 Å². The van der Waals surface area contributed by atoms with E-state index in [1.54, 1.807) is 0 Å². The fraction of sp³-hybridized carbons (Fsp3) is 0.588. The van der Waals surface area contributed by atoms with Crippen LogP contribution in [0.4, 0.5) is 5.69 Å². The number of hydrogen-bond acceptors (Lipinski definition) is 3. The SMILES string of the molecule is CCNC(=O)CN(CC)c1ccc(C)cc1CNC1CC1. The number of hydrogen-bond donors (Lipinski definition) is 2. The molecule has 0 atom stereocenters. The molecule has 1 aromatic rings. The molecule has 0 heterocycles. The van der Waals surface area contributed by atoms with E-state index in [1.165, 1.54) is 29.7 Å². The lowest BCUT2D eigenvalue weighted by Crippen LogP contribution is -2.37. The third-order valence-electron chi connectivity index (χ3n) is 3.82. The topological polar surface area (TPSA) is 44.4 Å². The molecule has 2 rings (SSSR count). The molecule has 21 heavy (non-hydrogen) atoms. The average Bonchev–Trinajstić information content (AvgIpc) is 3.27. The second-order valence-corrected chi connectivity index (χ2v) is 5.76. The molecule has 4 heteroatoms. The van der Waals surface area contributed by atoms with Gasteiger partial charge in [0, 0.05) is 31.4 Å². The molecule has 0 unspecified atom stereocenters. The van der Waals surface area contributed by atoms with Crippen LogP contribution in [0.1, 0.15) is 37.8 Å². The van der Waals surface area contributed by atoms with Crippen LogP contribution in [-0.2, 0) is 11.3 Å². The van der Waals surface area contributed by atoms with Gasteiger partial charge in [-0.05, 0) is 45.2 Å². The minimum absolute atomic E-state index is 0.0843. The standard InChI is InChI=1S/C17H27N3O/c1-4-18-17(21)12-20(5-2)16-9-6-13(3)10-14(16)11-19-15-7-8-15/h6,9-10,15,19H,4-5,7-8,11-12H2,1-3H3,(H,18,21). The van der Waals surface area contributed by atoms with Crippen LogP contribution in [0.3, 0.4) is 0 Å². The molecular weight excluding hydrogens is 262 g/mol. The highest BCUT2D eigenvalue weighted by Gasteiger charge is 2.21. The normalized spacial score (nSPS) is 14.0. The zero-order chi connectivity index (χ0) is 15.2. The first-order valence-corrected chi connectivity index (χ1v) is 7.98. The molecular formula is C17H27N3O. The zero-order valence-corrected chi connectivity index (χ0v) is 13.4. The number of nitrogens with zero attached hydrogens (tertiary/aromatic N) is 1. The fourth-order valence-electron chi connectivity index (χ4n) is 2.50. The smallest absolute Gasteiger partial charge is 0.239 e. The van der Waals surface area contributed by atoms with Crippen LogP contribution in [0, 0.1) is 6.92 Å².